The Kier molecular flexibility index (Phi) is 6.07. The quantitative estimate of drug-likeness (QED) is 0.722. The van der Waals surface area contributed by atoms with Crippen molar-refractivity contribution in [3.05, 3.63) is 12.2 Å². The molecule has 2 unspecified atom stereocenters. The highest BCUT2D eigenvalue weighted by molar-refractivity contribution is 4.86. The Morgan fingerprint density at radius 2 is 2.19 bits per heavy atom. The van der Waals surface area contributed by atoms with Gasteiger partial charge in [-0.1, -0.05) is 26.0 Å². The molecule has 94 valence electrons. The number of allylic oxidation sites excluding steroid dienone is 1. The summed E-state index contributed by atoms with van der Waals surface area (Å²) >= 11 is 0. The molecular weight excluding hydrogens is 196 g/mol. The first-order valence-corrected chi connectivity index (χ1v) is 6.72. The number of nitrogens with zero attached hydrogens (tertiary/aromatic N) is 1. The fraction of sp³-hybridized carbons (Fsp3) is 0.857. The Morgan fingerprint density at radius 1 is 1.44 bits per heavy atom. The van der Waals surface area contributed by atoms with Gasteiger partial charge in [-0.25, -0.2) is 0 Å². The van der Waals surface area contributed by atoms with Crippen molar-refractivity contribution in [3.63, 3.8) is 0 Å². The van der Waals surface area contributed by atoms with Crippen LogP contribution in [0.25, 0.3) is 0 Å². The molecule has 0 aromatic carbocycles. The molecule has 2 nitrogen and oxygen atoms in total. The van der Waals surface area contributed by atoms with Gasteiger partial charge in [-0.3, -0.25) is 4.90 Å². The van der Waals surface area contributed by atoms with Crippen molar-refractivity contribution in [1.82, 2.24) is 10.2 Å². The lowest BCUT2D eigenvalue weighted by Crippen LogP contribution is -2.55. The van der Waals surface area contributed by atoms with Crippen molar-refractivity contribution < 1.29 is 0 Å². The third kappa shape index (κ3) is 4.67. The second-order valence-electron chi connectivity index (χ2n) is 5.44. The number of hydrogen-bond donors (Lipinski definition) is 1. The average molecular weight is 224 g/mol. The van der Waals surface area contributed by atoms with Gasteiger partial charge in [0.05, 0.1) is 0 Å². The maximum Gasteiger partial charge on any atom is 0.0198 e. The van der Waals surface area contributed by atoms with E-state index in [0.717, 1.165) is 12.5 Å². The van der Waals surface area contributed by atoms with Crippen LogP contribution in [0.5, 0.6) is 0 Å². The Hall–Kier alpha value is -0.340. The third-order valence-electron chi connectivity index (χ3n) is 3.35. The normalized spacial score (nSPS) is 28.1. The molecule has 0 aliphatic carbocycles. The molecule has 0 amide bonds. The second kappa shape index (κ2) is 7.08. The van der Waals surface area contributed by atoms with Gasteiger partial charge in [0, 0.05) is 31.7 Å². The lowest BCUT2D eigenvalue weighted by Gasteiger charge is -2.39. The number of hydrogen-bond acceptors (Lipinski definition) is 2. The van der Waals surface area contributed by atoms with Crippen LogP contribution in [0.15, 0.2) is 12.2 Å². The van der Waals surface area contributed by atoms with Crippen molar-refractivity contribution in [2.45, 2.75) is 52.6 Å². The Balaban J connectivity index is 2.35. The molecule has 1 aliphatic heterocycles. The van der Waals surface area contributed by atoms with Crippen LogP contribution in [-0.2, 0) is 0 Å². The topological polar surface area (TPSA) is 15.3 Å². The van der Waals surface area contributed by atoms with Crippen molar-refractivity contribution in [2.75, 3.05) is 19.6 Å². The summed E-state index contributed by atoms with van der Waals surface area (Å²) in [5, 5.41) is 3.66. The number of piperazine rings is 1. The molecular formula is C14H28N2. The van der Waals surface area contributed by atoms with Gasteiger partial charge < -0.3 is 5.32 Å². The minimum Gasteiger partial charge on any atom is -0.311 e. The van der Waals surface area contributed by atoms with Crippen LogP contribution in [0.1, 0.15) is 40.5 Å². The second-order valence-corrected chi connectivity index (χ2v) is 5.44. The first kappa shape index (κ1) is 13.7. The summed E-state index contributed by atoms with van der Waals surface area (Å²) in [6.45, 7) is 12.6. The summed E-state index contributed by atoms with van der Waals surface area (Å²) in [6, 6.07) is 1.38. The van der Waals surface area contributed by atoms with E-state index in [1.165, 1.54) is 25.9 Å². The zero-order chi connectivity index (χ0) is 12.0. The summed E-state index contributed by atoms with van der Waals surface area (Å²) in [5.74, 6) is 0.795. The van der Waals surface area contributed by atoms with Gasteiger partial charge in [0.1, 0.15) is 0 Å². The smallest absolute Gasteiger partial charge is 0.0198 e. The molecule has 2 atom stereocenters. The van der Waals surface area contributed by atoms with E-state index < -0.39 is 0 Å². The van der Waals surface area contributed by atoms with E-state index in [-0.39, 0.29) is 0 Å². The minimum absolute atomic E-state index is 0.689. The summed E-state index contributed by atoms with van der Waals surface area (Å²) in [4.78, 5) is 2.63. The Morgan fingerprint density at radius 3 is 2.81 bits per heavy atom. The molecule has 1 heterocycles. The lowest BCUT2D eigenvalue weighted by molar-refractivity contribution is 0.134. The molecule has 1 rings (SSSR count). The van der Waals surface area contributed by atoms with Crippen molar-refractivity contribution >= 4 is 0 Å². The number of nitrogens with one attached hydrogen (secondary N) is 1. The van der Waals surface area contributed by atoms with Crippen molar-refractivity contribution in [3.8, 4) is 0 Å². The molecule has 1 aliphatic rings. The van der Waals surface area contributed by atoms with Crippen LogP contribution in [0.4, 0.5) is 0 Å². The molecule has 0 aromatic rings. The van der Waals surface area contributed by atoms with Gasteiger partial charge in [-0.15, -0.1) is 0 Å². The summed E-state index contributed by atoms with van der Waals surface area (Å²) in [7, 11) is 0. The van der Waals surface area contributed by atoms with Gasteiger partial charge in [0.25, 0.3) is 0 Å². The van der Waals surface area contributed by atoms with E-state index in [4.69, 9.17) is 0 Å². The van der Waals surface area contributed by atoms with E-state index in [1.54, 1.807) is 0 Å². The van der Waals surface area contributed by atoms with Crippen LogP contribution < -0.4 is 5.32 Å². The standard InChI is InChI=1S/C14H28N2/c1-5-6-7-8-16-11-14(9-12(2)3)15-10-13(16)4/h5-6,12-15H,7-11H2,1-4H3/b6-5+. The molecule has 1 N–H and O–H groups in total. The highest BCUT2D eigenvalue weighted by atomic mass is 15.2. The van der Waals surface area contributed by atoms with Crippen LogP contribution in [-0.4, -0.2) is 36.6 Å². The predicted molar refractivity (Wildman–Crippen MR) is 71.7 cm³/mol. The lowest BCUT2D eigenvalue weighted by atomic mass is 10.00. The van der Waals surface area contributed by atoms with Crippen LogP contribution in [0.2, 0.25) is 0 Å². The van der Waals surface area contributed by atoms with Gasteiger partial charge in [0.15, 0.2) is 0 Å². The van der Waals surface area contributed by atoms with Crippen LogP contribution in [0.3, 0.4) is 0 Å². The maximum absolute atomic E-state index is 3.66. The van der Waals surface area contributed by atoms with Gasteiger partial charge in [-0.2, -0.15) is 0 Å². The largest absolute Gasteiger partial charge is 0.311 e. The van der Waals surface area contributed by atoms with Gasteiger partial charge in [-0.05, 0) is 32.6 Å². The molecule has 2 heteroatoms. The van der Waals surface area contributed by atoms with E-state index in [0.29, 0.717) is 12.1 Å². The summed E-state index contributed by atoms with van der Waals surface area (Å²) in [6.07, 6.45) is 6.91. The minimum atomic E-state index is 0.689. The fourth-order valence-corrected chi connectivity index (χ4v) is 2.44. The van der Waals surface area contributed by atoms with Gasteiger partial charge >= 0.3 is 0 Å². The Bertz CT molecular complexity index is 211. The molecule has 0 spiro atoms. The fourth-order valence-electron chi connectivity index (χ4n) is 2.44. The first-order valence-electron chi connectivity index (χ1n) is 6.72. The maximum atomic E-state index is 3.66. The third-order valence-corrected chi connectivity index (χ3v) is 3.35. The molecule has 0 bridgehead atoms. The highest BCUT2D eigenvalue weighted by Gasteiger charge is 2.24. The number of rotatable bonds is 5. The molecule has 0 radical (unpaired) electrons. The monoisotopic (exact) mass is 224 g/mol. The summed E-state index contributed by atoms with van der Waals surface area (Å²) in [5.41, 5.74) is 0. The van der Waals surface area contributed by atoms with Crippen molar-refractivity contribution in [2.24, 2.45) is 5.92 Å². The molecule has 0 aromatic heterocycles. The SMILES string of the molecule is C/C=C/CCN1CC(CC(C)C)NCC1C. The molecule has 1 fully saturated rings. The predicted octanol–water partition coefficient (Wildman–Crippen LogP) is 2.66. The zero-order valence-electron chi connectivity index (χ0n) is 11.4. The Labute approximate surface area is 101 Å². The van der Waals surface area contributed by atoms with Crippen LogP contribution >= 0.6 is 0 Å². The van der Waals surface area contributed by atoms with Crippen molar-refractivity contribution in [1.29, 1.82) is 0 Å². The average Bonchev–Trinajstić information content (AvgIpc) is 2.22. The first-order chi connectivity index (χ1) is 7.63. The molecule has 1 saturated heterocycles. The molecule has 0 saturated carbocycles. The summed E-state index contributed by atoms with van der Waals surface area (Å²) < 4.78 is 0. The molecule has 16 heavy (non-hydrogen) atoms. The van der Waals surface area contributed by atoms with E-state index in [1.807, 2.05) is 0 Å². The van der Waals surface area contributed by atoms with Crippen LogP contribution in [0, 0.1) is 5.92 Å². The van der Waals surface area contributed by atoms with E-state index >= 15 is 0 Å². The van der Waals surface area contributed by atoms with E-state index in [2.05, 4.69) is 50.1 Å². The van der Waals surface area contributed by atoms with E-state index in [9.17, 15) is 0 Å². The van der Waals surface area contributed by atoms with Gasteiger partial charge in [0.2, 0.25) is 0 Å². The zero-order valence-corrected chi connectivity index (χ0v) is 11.4. The highest BCUT2D eigenvalue weighted by Crippen LogP contribution is 2.13.